The first-order valence-electron chi connectivity index (χ1n) is 8.98. The van der Waals surface area contributed by atoms with E-state index in [0.29, 0.717) is 12.1 Å². The van der Waals surface area contributed by atoms with E-state index in [1.54, 1.807) is 12.4 Å². The van der Waals surface area contributed by atoms with Crippen molar-refractivity contribution in [1.29, 1.82) is 0 Å². The van der Waals surface area contributed by atoms with E-state index in [4.69, 9.17) is 4.74 Å². The van der Waals surface area contributed by atoms with Crippen LogP contribution in [0.3, 0.4) is 0 Å². The van der Waals surface area contributed by atoms with Gasteiger partial charge in [-0.2, -0.15) is 0 Å². The fraction of sp³-hybridized carbons (Fsp3) is 0.286. The average Bonchev–Trinajstić information content (AvgIpc) is 3.10. The number of rotatable bonds is 6. The first kappa shape index (κ1) is 18.6. The highest BCUT2D eigenvalue weighted by Crippen LogP contribution is 2.13. The van der Waals surface area contributed by atoms with Crippen molar-refractivity contribution in [3.8, 4) is 0 Å². The Labute approximate surface area is 158 Å². The maximum atomic E-state index is 12.7. The standard InChI is InChI=1S/C21H23N3O3/c1-15(2)13-18(20(25)27-14-16-7-4-3-5-8-16)23-21(26)24-12-10-17-9-6-11-22-19(17)24/h3-12,15,18H,13-14H2,1-2H3,(H,23,26). The molecule has 27 heavy (non-hydrogen) atoms. The molecule has 3 rings (SSSR count). The molecule has 0 saturated carbocycles. The Bertz CT molecular complexity index is 919. The molecule has 140 valence electrons. The minimum absolute atomic E-state index is 0.179. The van der Waals surface area contributed by atoms with Gasteiger partial charge in [-0.15, -0.1) is 0 Å². The zero-order valence-electron chi connectivity index (χ0n) is 15.5. The van der Waals surface area contributed by atoms with Crippen LogP contribution in [0.15, 0.2) is 60.9 Å². The second-order valence-corrected chi connectivity index (χ2v) is 6.83. The van der Waals surface area contributed by atoms with Crippen LogP contribution in [0.4, 0.5) is 4.79 Å². The first-order chi connectivity index (χ1) is 13.0. The van der Waals surface area contributed by atoms with Gasteiger partial charge in [-0.05, 0) is 36.1 Å². The highest BCUT2D eigenvalue weighted by molar-refractivity contribution is 5.91. The van der Waals surface area contributed by atoms with Gasteiger partial charge in [0.2, 0.25) is 0 Å². The monoisotopic (exact) mass is 365 g/mol. The molecular weight excluding hydrogens is 342 g/mol. The molecule has 0 bridgehead atoms. The van der Waals surface area contributed by atoms with Crippen molar-refractivity contribution >= 4 is 23.0 Å². The Morgan fingerprint density at radius 2 is 1.89 bits per heavy atom. The first-order valence-corrected chi connectivity index (χ1v) is 8.98. The van der Waals surface area contributed by atoms with Gasteiger partial charge in [0, 0.05) is 17.8 Å². The Balaban J connectivity index is 1.70. The van der Waals surface area contributed by atoms with Gasteiger partial charge in [0.15, 0.2) is 0 Å². The van der Waals surface area contributed by atoms with Gasteiger partial charge < -0.3 is 10.1 Å². The molecule has 2 heterocycles. The highest BCUT2D eigenvalue weighted by atomic mass is 16.5. The van der Waals surface area contributed by atoms with Crippen LogP contribution in [0.5, 0.6) is 0 Å². The predicted octanol–water partition coefficient (Wildman–Crippen LogP) is 3.75. The second-order valence-electron chi connectivity index (χ2n) is 6.83. The summed E-state index contributed by atoms with van der Waals surface area (Å²) in [6.45, 7) is 4.17. The van der Waals surface area contributed by atoms with Crippen LogP contribution >= 0.6 is 0 Å². The maximum Gasteiger partial charge on any atom is 0.329 e. The van der Waals surface area contributed by atoms with Gasteiger partial charge in [0.25, 0.3) is 0 Å². The zero-order valence-corrected chi connectivity index (χ0v) is 15.5. The molecule has 1 amide bonds. The summed E-state index contributed by atoms with van der Waals surface area (Å²) >= 11 is 0. The van der Waals surface area contributed by atoms with Crippen molar-refractivity contribution in [3.05, 3.63) is 66.5 Å². The number of aromatic nitrogens is 2. The van der Waals surface area contributed by atoms with E-state index in [9.17, 15) is 9.59 Å². The Morgan fingerprint density at radius 1 is 1.11 bits per heavy atom. The van der Waals surface area contributed by atoms with E-state index >= 15 is 0 Å². The summed E-state index contributed by atoms with van der Waals surface area (Å²) in [5.74, 6) is -0.218. The zero-order chi connectivity index (χ0) is 19.2. The third-order valence-corrected chi connectivity index (χ3v) is 4.18. The summed E-state index contributed by atoms with van der Waals surface area (Å²) in [4.78, 5) is 29.5. The SMILES string of the molecule is CC(C)CC(NC(=O)n1ccc2cccnc21)C(=O)OCc1ccccc1. The predicted molar refractivity (Wildman–Crippen MR) is 103 cm³/mol. The Morgan fingerprint density at radius 3 is 2.63 bits per heavy atom. The molecule has 0 aliphatic rings. The van der Waals surface area contributed by atoms with Crippen LogP contribution in [0.1, 0.15) is 25.8 Å². The lowest BCUT2D eigenvalue weighted by molar-refractivity contribution is -0.147. The second kappa shape index (κ2) is 8.49. The van der Waals surface area contributed by atoms with E-state index in [2.05, 4.69) is 10.3 Å². The number of fused-ring (bicyclic) bond motifs is 1. The minimum Gasteiger partial charge on any atom is -0.459 e. The molecule has 1 aromatic carbocycles. The van der Waals surface area contributed by atoms with Gasteiger partial charge in [0.1, 0.15) is 18.3 Å². The number of nitrogens with one attached hydrogen (secondary N) is 1. The molecule has 1 unspecified atom stereocenters. The van der Waals surface area contributed by atoms with E-state index in [1.807, 2.05) is 62.4 Å². The summed E-state index contributed by atoms with van der Waals surface area (Å²) in [5, 5.41) is 3.65. The molecule has 1 N–H and O–H groups in total. The van der Waals surface area contributed by atoms with Crippen molar-refractivity contribution in [1.82, 2.24) is 14.9 Å². The number of amides is 1. The van der Waals surface area contributed by atoms with E-state index in [-0.39, 0.29) is 12.5 Å². The third-order valence-electron chi connectivity index (χ3n) is 4.18. The lowest BCUT2D eigenvalue weighted by Gasteiger charge is -2.19. The van der Waals surface area contributed by atoms with Crippen LogP contribution in [-0.4, -0.2) is 27.6 Å². The summed E-state index contributed by atoms with van der Waals surface area (Å²) < 4.78 is 6.83. The van der Waals surface area contributed by atoms with Crippen LogP contribution in [-0.2, 0) is 16.1 Å². The number of hydrogen-bond donors (Lipinski definition) is 1. The number of esters is 1. The molecule has 0 radical (unpaired) electrons. The van der Waals surface area contributed by atoms with Crippen LogP contribution < -0.4 is 5.32 Å². The van der Waals surface area contributed by atoms with Crippen molar-refractivity contribution in [2.75, 3.05) is 0 Å². The van der Waals surface area contributed by atoms with E-state index in [0.717, 1.165) is 10.9 Å². The van der Waals surface area contributed by atoms with Gasteiger partial charge in [-0.3, -0.25) is 4.57 Å². The molecule has 2 aromatic heterocycles. The molecule has 1 atom stereocenters. The lowest BCUT2D eigenvalue weighted by atomic mass is 10.0. The molecular formula is C21H23N3O3. The summed E-state index contributed by atoms with van der Waals surface area (Å²) in [6, 6.07) is 13.9. The molecule has 0 fully saturated rings. The number of hydrogen-bond acceptors (Lipinski definition) is 4. The van der Waals surface area contributed by atoms with E-state index in [1.165, 1.54) is 4.57 Å². The van der Waals surface area contributed by atoms with Gasteiger partial charge >= 0.3 is 12.0 Å². The molecule has 0 aliphatic heterocycles. The molecule has 0 spiro atoms. The molecule has 0 saturated heterocycles. The van der Waals surface area contributed by atoms with Crippen LogP contribution in [0.2, 0.25) is 0 Å². The summed E-state index contributed by atoms with van der Waals surface area (Å²) in [7, 11) is 0. The quantitative estimate of drug-likeness (QED) is 0.675. The number of benzene rings is 1. The smallest absolute Gasteiger partial charge is 0.329 e. The van der Waals surface area contributed by atoms with E-state index < -0.39 is 18.0 Å². The minimum atomic E-state index is -0.720. The van der Waals surface area contributed by atoms with Gasteiger partial charge in [-0.25, -0.2) is 14.6 Å². The molecule has 6 nitrogen and oxygen atoms in total. The largest absolute Gasteiger partial charge is 0.459 e. The third kappa shape index (κ3) is 4.73. The number of nitrogens with zero attached hydrogens (tertiary/aromatic N) is 2. The average molecular weight is 365 g/mol. The number of pyridine rings is 1. The van der Waals surface area contributed by atoms with Crippen molar-refractivity contribution in [2.24, 2.45) is 5.92 Å². The summed E-state index contributed by atoms with van der Waals surface area (Å²) in [6.07, 6.45) is 3.77. The van der Waals surface area contributed by atoms with Crippen molar-refractivity contribution < 1.29 is 14.3 Å². The van der Waals surface area contributed by atoms with Crippen LogP contribution in [0, 0.1) is 5.92 Å². The van der Waals surface area contributed by atoms with Crippen molar-refractivity contribution in [3.63, 3.8) is 0 Å². The highest BCUT2D eigenvalue weighted by Gasteiger charge is 2.24. The number of ether oxygens (including phenoxy) is 1. The number of carbonyl (C=O) groups is 2. The topological polar surface area (TPSA) is 73.2 Å². The number of carbonyl (C=O) groups excluding carboxylic acids is 2. The maximum absolute atomic E-state index is 12.7. The Hall–Kier alpha value is -3.15. The normalized spacial score (nSPS) is 12.1. The Kier molecular flexibility index (Phi) is 5.86. The van der Waals surface area contributed by atoms with Gasteiger partial charge in [-0.1, -0.05) is 44.2 Å². The van der Waals surface area contributed by atoms with Crippen LogP contribution in [0.25, 0.3) is 11.0 Å². The van der Waals surface area contributed by atoms with Gasteiger partial charge in [0.05, 0.1) is 0 Å². The molecule has 0 aliphatic carbocycles. The fourth-order valence-electron chi connectivity index (χ4n) is 2.86. The summed E-state index contributed by atoms with van der Waals surface area (Å²) in [5.41, 5.74) is 1.46. The molecule has 3 aromatic rings. The molecule has 6 heteroatoms. The fourth-order valence-corrected chi connectivity index (χ4v) is 2.86. The lowest BCUT2D eigenvalue weighted by Crippen LogP contribution is -2.44. The van der Waals surface area contributed by atoms with Crippen molar-refractivity contribution in [2.45, 2.75) is 32.9 Å².